The highest BCUT2D eigenvalue weighted by Crippen LogP contribution is 2.53. The normalized spacial score (nSPS) is 27.8. The number of hydrogen-bond acceptors (Lipinski definition) is 5. The average Bonchev–Trinajstić information content (AvgIpc) is 3.20. The van der Waals surface area contributed by atoms with Gasteiger partial charge < -0.3 is 9.47 Å². The van der Waals surface area contributed by atoms with Crippen molar-refractivity contribution in [1.82, 2.24) is 0 Å². The van der Waals surface area contributed by atoms with Crippen LogP contribution >= 0.6 is 11.6 Å². The molecule has 2 fully saturated rings. The van der Waals surface area contributed by atoms with E-state index >= 15 is 0 Å². The van der Waals surface area contributed by atoms with Crippen LogP contribution < -0.4 is 0 Å². The van der Waals surface area contributed by atoms with Crippen molar-refractivity contribution in [3.05, 3.63) is 34.9 Å². The predicted octanol–water partition coefficient (Wildman–Crippen LogP) is 2.90. The minimum Gasteiger partial charge on any atom is -0.469 e. The highest BCUT2D eigenvalue weighted by Gasteiger charge is 2.55. The quantitative estimate of drug-likeness (QED) is 0.603. The second kappa shape index (κ2) is 6.93. The van der Waals surface area contributed by atoms with Gasteiger partial charge in [-0.15, -0.1) is 0 Å². The van der Waals surface area contributed by atoms with Crippen molar-refractivity contribution in [2.45, 2.75) is 19.3 Å². The monoisotopic (exact) mass is 350 g/mol. The van der Waals surface area contributed by atoms with Gasteiger partial charge in [0, 0.05) is 10.6 Å². The number of benzene rings is 1. The van der Waals surface area contributed by atoms with Crippen molar-refractivity contribution in [2.24, 2.45) is 23.7 Å². The van der Waals surface area contributed by atoms with E-state index in [4.69, 9.17) is 21.1 Å². The molecule has 0 aromatic heterocycles. The summed E-state index contributed by atoms with van der Waals surface area (Å²) in [6, 6.07) is 6.40. The maximum absolute atomic E-state index is 12.5. The zero-order valence-corrected chi connectivity index (χ0v) is 14.1. The first kappa shape index (κ1) is 17.0. The Bertz CT molecular complexity index is 654. The molecule has 0 unspecified atom stereocenters. The molecule has 1 aromatic rings. The molecule has 4 atom stereocenters. The van der Waals surface area contributed by atoms with Crippen LogP contribution in [0.4, 0.5) is 0 Å². The average molecular weight is 351 g/mol. The van der Waals surface area contributed by atoms with Gasteiger partial charge in [-0.2, -0.15) is 0 Å². The molecule has 0 spiro atoms. The molecule has 2 bridgehead atoms. The Morgan fingerprint density at radius 1 is 1.04 bits per heavy atom. The van der Waals surface area contributed by atoms with E-state index in [0.29, 0.717) is 10.6 Å². The van der Waals surface area contributed by atoms with Crippen LogP contribution in [0, 0.1) is 23.7 Å². The standard InChI is InChI=1S/C18H19ClO5/c1-23-17(21)15-11-2-3-12(8-11)16(15)18(22)24-9-14(20)10-4-6-13(19)7-5-10/h4-7,11-12,15-16H,2-3,8-9H2,1H3/t11-,12-,15-,16-/m0/s1. The topological polar surface area (TPSA) is 69.7 Å². The number of ether oxygens (including phenoxy) is 2. The van der Waals surface area contributed by atoms with E-state index in [0.717, 1.165) is 19.3 Å². The Morgan fingerprint density at radius 3 is 2.21 bits per heavy atom. The molecule has 128 valence electrons. The SMILES string of the molecule is COC(=O)[C@H]1[C@H]2CC[C@@H](C2)[C@@H]1C(=O)OCC(=O)c1ccc(Cl)cc1. The number of esters is 2. The Kier molecular flexibility index (Phi) is 4.90. The zero-order chi connectivity index (χ0) is 17.3. The number of methoxy groups -OCH3 is 1. The molecule has 2 aliphatic rings. The lowest BCUT2D eigenvalue weighted by Gasteiger charge is -2.27. The molecular formula is C18H19ClO5. The van der Waals surface area contributed by atoms with Crippen molar-refractivity contribution in [3.8, 4) is 0 Å². The summed E-state index contributed by atoms with van der Waals surface area (Å²) in [5.74, 6) is -1.71. The molecule has 0 radical (unpaired) electrons. The number of halogens is 1. The van der Waals surface area contributed by atoms with Gasteiger partial charge in [-0.3, -0.25) is 14.4 Å². The summed E-state index contributed by atoms with van der Waals surface area (Å²) < 4.78 is 10.1. The van der Waals surface area contributed by atoms with Gasteiger partial charge in [0.25, 0.3) is 0 Å². The maximum Gasteiger partial charge on any atom is 0.310 e. The van der Waals surface area contributed by atoms with Gasteiger partial charge in [-0.05, 0) is 55.4 Å². The number of carbonyl (C=O) groups excluding carboxylic acids is 3. The summed E-state index contributed by atoms with van der Waals surface area (Å²) in [4.78, 5) is 36.5. The summed E-state index contributed by atoms with van der Waals surface area (Å²) in [6.07, 6.45) is 2.71. The van der Waals surface area contributed by atoms with Crippen LogP contribution in [-0.4, -0.2) is 31.4 Å². The minimum absolute atomic E-state index is 0.150. The van der Waals surface area contributed by atoms with Crippen molar-refractivity contribution >= 4 is 29.3 Å². The summed E-state index contributed by atoms with van der Waals surface area (Å²) in [6.45, 7) is -0.331. The lowest BCUT2D eigenvalue weighted by molar-refractivity contribution is -0.161. The third-order valence-corrected chi connectivity index (χ3v) is 5.43. The predicted molar refractivity (Wildman–Crippen MR) is 86.6 cm³/mol. The second-order valence-corrected chi connectivity index (χ2v) is 6.88. The first-order valence-corrected chi connectivity index (χ1v) is 8.42. The van der Waals surface area contributed by atoms with Crippen molar-refractivity contribution in [1.29, 1.82) is 0 Å². The molecule has 2 saturated carbocycles. The van der Waals surface area contributed by atoms with E-state index in [-0.39, 0.29) is 30.2 Å². The number of hydrogen-bond donors (Lipinski definition) is 0. The number of Topliss-reactive ketones (excluding diaryl/α,β-unsaturated/α-hetero) is 1. The van der Waals surface area contributed by atoms with Crippen molar-refractivity contribution in [2.75, 3.05) is 13.7 Å². The van der Waals surface area contributed by atoms with Gasteiger partial charge in [0.2, 0.25) is 0 Å². The number of carbonyl (C=O) groups is 3. The summed E-state index contributed by atoms with van der Waals surface area (Å²) >= 11 is 5.79. The maximum atomic E-state index is 12.5. The Balaban J connectivity index is 1.63. The van der Waals surface area contributed by atoms with Crippen LogP contribution in [-0.2, 0) is 19.1 Å². The van der Waals surface area contributed by atoms with Crippen molar-refractivity contribution < 1.29 is 23.9 Å². The molecule has 3 rings (SSSR count). The molecule has 5 nitrogen and oxygen atoms in total. The van der Waals surface area contributed by atoms with Crippen LogP contribution in [0.2, 0.25) is 5.02 Å². The van der Waals surface area contributed by atoms with Crippen LogP contribution in [0.3, 0.4) is 0 Å². The fourth-order valence-electron chi connectivity index (χ4n) is 4.06. The van der Waals surface area contributed by atoms with Gasteiger partial charge in [-0.25, -0.2) is 0 Å². The second-order valence-electron chi connectivity index (χ2n) is 6.45. The summed E-state index contributed by atoms with van der Waals surface area (Å²) in [5, 5.41) is 0.534. The van der Waals surface area contributed by atoms with E-state index < -0.39 is 17.8 Å². The van der Waals surface area contributed by atoms with Crippen LogP contribution in [0.5, 0.6) is 0 Å². The van der Waals surface area contributed by atoms with E-state index in [9.17, 15) is 14.4 Å². The van der Waals surface area contributed by atoms with Gasteiger partial charge in [0.1, 0.15) is 0 Å². The fraction of sp³-hybridized carbons (Fsp3) is 0.500. The summed E-state index contributed by atoms with van der Waals surface area (Å²) in [7, 11) is 1.33. The molecule has 1 aromatic carbocycles. The van der Waals surface area contributed by atoms with Crippen LogP contribution in [0.25, 0.3) is 0 Å². The first-order valence-electron chi connectivity index (χ1n) is 8.04. The highest BCUT2D eigenvalue weighted by molar-refractivity contribution is 6.30. The minimum atomic E-state index is -0.491. The molecule has 0 saturated heterocycles. The Hall–Kier alpha value is -1.88. The molecule has 0 aliphatic heterocycles. The van der Waals surface area contributed by atoms with E-state index in [2.05, 4.69) is 0 Å². The Labute approximate surface area is 145 Å². The van der Waals surface area contributed by atoms with E-state index in [1.165, 1.54) is 7.11 Å². The molecule has 0 heterocycles. The fourth-order valence-corrected chi connectivity index (χ4v) is 4.18. The van der Waals surface area contributed by atoms with Gasteiger partial charge >= 0.3 is 11.9 Å². The van der Waals surface area contributed by atoms with E-state index in [1.54, 1.807) is 24.3 Å². The Morgan fingerprint density at radius 2 is 1.62 bits per heavy atom. The highest BCUT2D eigenvalue weighted by atomic mass is 35.5. The van der Waals surface area contributed by atoms with Gasteiger partial charge in [0.05, 0.1) is 18.9 Å². The molecular weight excluding hydrogens is 332 g/mol. The first-order chi connectivity index (χ1) is 11.5. The van der Waals surface area contributed by atoms with Crippen molar-refractivity contribution in [3.63, 3.8) is 0 Å². The number of fused-ring (bicyclic) bond motifs is 2. The third-order valence-electron chi connectivity index (χ3n) is 5.17. The zero-order valence-electron chi connectivity index (χ0n) is 13.4. The smallest absolute Gasteiger partial charge is 0.310 e. The van der Waals surface area contributed by atoms with Crippen LogP contribution in [0.15, 0.2) is 24.3 Å². The van der Waals surface area contributed by atoms with Gasteiger partial charge in [-0.1, -0.05) is 11.6 Å². The number of rotatable bonds is 5. The molecule has 0 amide bonds. The molecule has 2 aliphatic carbocycles. The largest absolute Gasteiger partial charge is 0.469 e. The molecule has 0 N–H and O–H groups in total. The van der Waals surface area contributed by atoms with Gasteiger partial charge in [0.15, 0.2) is 12.4 Å². The summed E-state index contributed by atoms with van der Waals surface area (Å²) in [5.41, 5.74) is 0.435. The lowest BCUT2D eigenvalue weighted by Crippen LogP contribution is -2.37. The van der Waals surface area contributed by atoms with E-state index in [1.807, 2.05) is 0 Å². The molecule has 24 heavy (non-hydrogen) atoms. The number of ketones is 1. The lowest BCUT2D eigenvalue weighted by atomic mass is 9.79. The van der Waals surface area contributed by atoms with Crippen LogP contribution in [0.1, 0.15) is 29.6 Å². The molecule has 6 heteroatoms. The third kappa shape index (κ3) is 3.18.